The zero-order valence-corrected chi connectivity index (χ0v) is 10.7. The van der Waals surface area contributed by atoms with Crippen LogP contribution in [-0.2, 0) is 53.8 Å². The molecule has 0 aliphatic rings. The SMILES string of the molecule is CC[CH-]CC.[W].[Y]. The van der Waals surface area contributed by atoms with Crippen molar-refractivity contribution in [3.05, 3.63) is 6.42 Å². The standard InChI is InChI=1S/C5H11.W.Y/c1-3-5-4-2;;/h5H,3-4H2,1-2H3;;/q-1;;. The molecule has 0 spiro atoms. The van der Waals surface area contributed by atoms with Crippen LogP contribution in [0.1, 0.15) is 26.7 Å². The Morgan fingerprint density at radius 2 is 1.43 bits per heavy atom. The summed E-state index contributed by atoms with van der Waals surface area (Å²) in [6, 6.07) is 0. The van der Waals surface area contributed by atoms with E-state index in [1.807, 2.05) is 0 Å². The van der Waals surface area contributed by atoms with Crippen LogP contribution in [0.25, 0.3) is 0 Å². The monoisotopic (exact) mass is 344 g/mol. The first-order chi connectivity index (χ1) is 2.41. The fraction of sp³-hybridized carbons (Fsp3) is 0.800. The minimum Gasteiger partial charge on any atom is -0.329 e. The summed E-state index contributed by atoms with van der Waals surface area (Å²) in [6.07, 6.45) is 4.69. The van der Waals surface area contributed by atoms with Crippen molar-refractivity contribution in [1.82, 2.24) is 0 Å². The van der Waals surface area contributed by atoms with E-state index in [1.165, 1.54) is 12.8 Å². The Morgan fingerprint density at radius 1 is 1.14 bits per heavy atom. The van der Waals surface area contributed by atoms with Gasteiger partial charge in [0.1, 0.15) is 0 Å². The van der Waals surface area contributed by atoms with Crippen LogP contribution in [-0.4, -0.2) is 0 Å². The topological polar surface area (TPSA) is 0 Å². The van der Waals surface area contributed by atoms with Crippen molar-refractivity contribution in [1.29, 1.82) is 0 Å². The summed E-state index contributed by atoms with van der Waals surface area (Å²) in [5.74, 6) is 0. The van der Waals surface area contributed by atoms with Gasteiger partial charge in [-0.05, 0) is 0 Å². The van der Waals surface area contributed by atoms with Crippen LogP contribution in [0.4, 0.5) is 0 Å². The van der Waals surface area contributed by atoms with Crippen molar-refractivity contribution in [2.45, 2.75) is 26.7 Å². The van der Waals surface area contributed by atoms with Crippen molar-refractivity contribution in [2.24, 2.45) is 0 Å². The molecule has 1 radical (unpaired) electrons. The van der Waals surface area contributed by atoms with Crippen LogP contribution in [0.2, 0.25) is 0 Å². The molecule has 7 heavy (non-hydrogen) atoms. The summed E-state index contributed by atoms with van der Waals surface area (Å²) in [5, 5.41) is 0. The van der Waals surface area contributed by atoms with Crippen molar-refractivity contribution in [3.63, 3.8) is 0 Å². The van der Waals surface area contributed by atoms with Gasteiger partial charge in [-0.3, -0.25) is 0 Å². The van der Waals surface area contributed by atoms with E-state index < -0.39 is 0 Å². The Balaban J connectivity index is -0.0000000800. The molecule has 0 nitrogen and oxygen atoms in total. The molecular formula is C5H11WY-. The molecule has 0 saturated heterocycles. The third-order valence-electron chi connectivity index (χ3n) is 0.577. The second-order valence-electron chi connectivity index (χ2n) is 1.11. The maximum Gasteiger partial charge on any atom is 0 e. The van der Waals surface area contributed by atoms with E-state index in [0.717, 1.165) is 0 Å². The molecule has 0 aromatic heterocycles. The molecule has 0 N–H and O–H groups in total. The minimum atomic E-state index is 0. The quantitative estimate of drug-likeness (QED) is 0.673. The summed E-state index contributed by atoms with van der Waals surface area (Å²) in [4.78, 5) is 0. The zero-order valence-electron chi connectivity index (χ0n) is 4.98. The van der Waals surface area contributed by atoms with Crippen LogP contribution in [0.15, 0.2) is 0 Å². The molecule has 0 fully saturated rings. The van der Waals surface area contributed by atoms with Gasteiger partial charge in [-0.2, -0.15) is 12.8 Å². The maximum absolute atomic E-state index is 2.25. The molecular weight excluding hydrogens is 333 g/mol. The molecule has 0 aliphatic carbocycles. The van der Waals surface area contributed by atoms with E-state index in [2.05, 4.69) is 20.3 Å². The summed E-state index contributed by atoms with van der Waals surface area (Å²) < 4.78 is 0. The van der Waals surface area contributed by atoms with E-state index >= 15 is 0 Å². The Labute approximate surface area is 86.0 Å². The predicted octanol–water partition coefficient (Wildman–Crippen LogP) is 2.01. The molecule has 41 valence electrons. The fourth-order valence-electron chi connectivity index (χ4n) is 0.289. The summed E-state index contributed by atoms with van der Waals surface area (Å²) in [6.45, 7) is 4.31. The van der Waals surface area contributed by atoms with Crippen LogP contribution >= 0.6 is 0 Å². The van der Waals surface area contributed by atoms with E-state index in [1.54, 1.807) is 0 Å². The number of unbranched alkanes of at least 4 members (excludes halogenated alkanes) is 2. The van der Waals surface area contributed by atoms with E-state index in [0.29, 0.717) is 0 Å². The predicted molar refractivity (Wildman–Crippen MR) is 24.9 cm³/mol. The molecule has 0 amide bonds. The van der Waals surface area contributed by atoms with Gasteiger partial charge in [0.15, 0.2) is 0 Å². The first kappa shape index (κ1) is 15.9. The molecule has 0 aromatic rings. The average Bonchev–Trinajstić information content (AvgIpc) is 1.41. The largest absolute Gasteiger partial charge is 0.329 e. The van der Waals surface area contributed by atoms with Gasteiger partial charge in [0.05, 0.1) is 0 Å². The van der Waals surface area contributed by atoms with Crippen LogP contribution < -0.4 is 0 Å². The smallest absolute Gasteiger partial charge is 0 e. The number of hydrogen-bond donors (Lipinski definition) is 0. The van der Waals surface area contributed by atoms with Gasteiger partial charge < -0.3 is 6.42 Å². The molecule has 0 heterocycles. The summed E-state index contributed by atoms with van der Waals surface area (Å²) in [5.41, 5.74) is 0. The van der Waals surface area contributed by atoms with Crippen molar-refractivity contribution >= 4 is 0 Å². The maximum atomic E-state index is 2.25. The third kappa shape index (κ3) is 18.2. The van der Waals surface area contributed by atoms with Gasteiger partial charge in [0.25, 0.3) is 0 Å². The number of hydrogen-bond acceptors (Lipinski definition) is 0. The third-order valence-corrected chi connectivity index (χ3v) is 0.577. The molecule has 0 bridgehead atoms. The minimum absolute atomic E-state index is 0. The molecule has 0 rings (SSSR count). The fourth-order valence-corrected chi connectivity index (χ4v) is 0.289. The van der Waals surface area contributed by atoms with Gasteiger partial charge in [-0.25, -0.2) is 0 Å². The first-order valence-corrected chi connectivity index (χ1v) is 2.23. The van der Waals surface area contributed by atoms with Crippen molar-refractivity contribution < 1.29 is 53.8 Å². The summed E-state index contributed by atoms with van der Waals surface area (Å²) in [7, 11) is 0. The van der Waals surface area contributed by atoms with Gasteiger partial charge in [-0.1, -0.05) is 13.8 Å². The molecule has 0 atom stereocenters. The van der Waals surface area contributed by atoms with Crippen LogP contribution in [0.3, 0.4) is 0 Å². The van der Waals surface area contributed by atoms with E-state index in [-0.39, 0.29) is 53.8 Å². The van der Waals surface area contributed by atoms with Crippen LogP contribution in [0, 0.1) is 6.42 Å². The average molecular weight is 344 g/mol. The first-order valence-electron chi connectivity index (χ1n) is 2.23. The number of rotatable bonds is 2. The normalized spacial score (nSPS) is 6.00. The summed E-state index contributed by atoms with van der Waals surface area (Å²) >= 11 is 0. The Kier molecular flexibility index (Phi) is 35.6. The zero-order chi connectivity index (χ0) is 4.12. The van der Waals surface area contributed by atoms with Crippen molar-refractivity contribution in [3.8, 4) is 0 Å². The van der Waals surface area contributed by atoms with Gasteiger partial charge in [-0.15, -0.1) is 0 Å². The Bertz CT molecular complexity index is 15.6. The molecule has 0 unspecified atom stereocenters. The van der Waals surface area contributed by atoms with Crippen molar-refractivity contribution in [2.75, 3.05) is 0 Å². The Morgan fingerprint density at radius 3 is 1.43 bits per heavy atom. The van der Waals surface area contributed by atoms with Crippen LogP contribution in [0.5, 0.6) is 0 Å². The molecule has 0 saturated carbocycles. The molecule has 0 aliphatic heterocycles. The molecule has 0 aromatic carbocycles. The van der Waals surface area contributed by atoms with E-state index in [9.17, 15) is 0 Å². The second kappa shape index (κ2) is 15.7. The van der Waals surface area contributed by atoms with Gasteiger partial charge >= 0.3 is 0 Å². The van der Waals surface area contributed by atoms with Gasteiger partial charge in [0.2, 0.25) is 0 Å². The van der Waals surface area contributed by atoms with Gasteiger partial charge in [0, 0.05) is 53.8 Å². The molecule has 2 heteroatoms. The van der Waals surface area contributed by atoms with E-state index in [4.69, 9.17) is 0 Å². The second-order valence-corrected chi connectivity index (χ2v) is 1.11. The Hall–Kier alpha value is 1.79.